The summed E-state index contributed by atoms with van der Waals surface area (Å²) >= 11 is 5.57. The molecule has 7 heteroatoms. The van der Waals surface area contributed by atoms with Gasteiger partial charge in [0.05, 0.1) is 13.2 Å². The van der Waals surface area contributed by atoms with Crippen molar-refractivity contribution in [1.82, 2.24) is 10.2 Å². The summed E-state index contributed by atoms with van der Waals surface area (Å²) < 4.78 is 22.3. The Hall–Kier alpha value is -0.480. The molecule has 1 aromatic rings. The minimum absolute atomic E-state index is 0.176. The quantitative estimate of drug-likeness (QED) is 0.748. The van der Waals surface area contributed by atoms with Gasteiger partial charge in [-0.05, 0) is 26.0 Å². The normalized spacial score (nSPS) is 11.7. The van der Waals surface area contributed by atoms with Crippen molar-refractivity contribution in [1.29, 1.82) is 0 Å². The molecule has 15 heavy (non-hydrogen) atoms. The molecule has 0 unspecified atom stereocenters. The van der Waals surface area contributed by atoms with Crippen molar-refractivity contribution in [2.24, 2.45) is 0 Å². The summed E-state index contributed by atoms with van der Waals surface area (Å²) in [7, 11) is -3.32. The van der Waals surface area contributed by atoms with Gasteiger partial charge in [0.2, 0.25) is 0 Å². The molecule has 0 saturated heterocycles. The van der Waals surface area contributed by atoms with Crippen LogP contribution in [0.5, 0.6) is 0 Å². The average Bonchev–Trinajstić information content (AvgIpc) is 2.19. The van der Waals surface area contributed by atoms with Crippen LogP contribution in [0.2, 0.25) is 5.15 Å². The van der Waals surface area contributed by atoms with Crippen molar-refractivity contribution >= 4 is 24.6 Å². The molecule has 0 atom stereocenters. The van der Waals surface area contributed by atoms with Crippen LogP contribution in [-0.2, 0) is 13.6 Å². The van der Waals surface area contributed by atoms with Gasteiger partial charge in [0.15, 0.2) is 10.6 Å². The monoisotopic (exact) mass is 250 g/mol. The molecule has 0 fully saturated rings. The highest BCUT2D eigenvalue weighted by molar-refractivity contribution is 7.61. The molecule has 0 aromatic carbocycles. The topological polar surface area (TPSA) is 61.3 Å². The third kappa shape index (κ3) is 3.24. The van der Waals surface area contributed by atoms with Crippen molar-refractivity contribution < 1.29 is 13.6 Å². The smallest absolute Gasteiger partial charge is 0.304 e. The van der Waals surface area contributed by atoms with Crippen molar-refractivity contribution in [2.45, 2.75) is 13.8 Å². The molecule has 0 aliphatic rings. The third-order valence-corrected chi connectivity index (χ3v) is 3.69. The SMILES string of the molecule is CCOP(=O)(OCC)c1ccc(Cl)nn1. The number of nitrogens with zero attached hydrogens (tertiary/aromatic N) is 2. The Labute approximate surface area is 93.3 Å². The first-order valence-electron chi connectivity index (χ1n) is 4.51. The third-order valence-electron chi connectivity index (χ3n) is 1.50. The number of rotatable bonds is 5. The van der Waals surface area contributed by atoms with Gasteiger partial charge < -0.3 is 9.05 Å². The van der Waals surface area contributed by atoms with E-state index in [2.05, 4.69) is 10.2 Å². The predicted octanol–water partition coefficient (Wildman–Crippen LogP) is 2.02. The largest absolute Gasteiger partial charge is 0.381 e. The summed E-state index contributed by atoms with van der Waals surface area (Å²) in [6.45, 7) is 4.02. The highest BCUT2D eigenvalue weighted by Crippen LogP contribution is 2.45. The first kappa shape index (κ1) is 12.6. The molecule has 84 valence electrons. The van der Waals surface area contributed by atoms with Crippen LogP contribution in [0.1, 0.15) is 13.8 Å². The number of aromatic nitrogens is 2. The number of hydrogen-bond donors (Lipinski definition) is 0. The molecular weight excluding hydrogens is 239 g/mol. The van der Waals surface area contributed by atoms with Crippen LogP contribution < -0.4 is 5.44 Å². The lowest BCUT2D eigenvalue weighted by atomic mass is 10.6. The van der Waals surface area contributed by atoms with Gasteiger partial charge in [0.1, 0.15) is 0 Å². The maximum absolute atomic E-state index is 12.1. The summed E-state index contributed by atoms with van der Waals surface area (Å²) in [5, 5.41) is 7.52. The Morgan fingerprint density at radius 2 is 1.87 bits per heavy atom. The lowest BCUT2D eigenvalue weighted by Gasteiger charge is -2.15. The molecule has 0 amide bonds. The highest BCUT2D eigenvalue weighted by atomic mass is 35.5. The number of hydrogen-bond acceptors (Lipinski definition) is 5. The van der Waals surface area contributed by atoms with E-state index in [1.54, 1.807) is 13.8 Å². The fraction of sp³-hybridized carbons (Fsp3) is 0.500. The van der Waals surface area contributed by atoms with Crippen LogP contribution in [0, 0.1) is 0 Å². The zero-order chi connectivity index (χ0) is 11.3. The Morgan fingerprint density at radius 1 is 1.27 bits per heavy atom. The van der Waals surface area contributed by atoms with Crippen LogP contribution in [0.25, 0.3) is 0 Å². The molecule has 1 rings (SSSR count). The summed E-state index contributed by atoms with van der Waals surface area (Å²) in [6.07, 6.45) is 0. The van der Waals surface area contributed by atoms with Gasteiger partial charge in [-0.25, -0.2) is 0 Å². The van der Waals surface area contributed by atoms with Gasteiger partial charge in [-0.1, -0.05) is 11.6 Å². The van der Waals surface area contributed by atoms with Gasteiger partial charge in [-0.3, -0.25) is 4.57 Å². The van der Waals surface area contributed by atoms with Crippen LogP contribution in [0.4, 0.5) is 0 Å². The van der Waals surface area contributed by atoms with E-state index in [4.69, 9.17) is 20.6 Å². The fourth-order valence-electron chi connectivity index (χ4n) is 0.964. The van der Waals surface area contributed by atoms with E-state index in [0.717, 1.165) is 0 Å². The standard InChI is InChI=1S/C8H12ClN2O3P/c1-3-13-15(12,14-4-2)8-6-5-7(9)10-11-8/h5-6H,3-4H2,1-2H3. The van der Waals surface area contributed by atoms with Gasteiger partial charge in [-0.2, -0.15) is 0 Å². The lowest BCUT2D eigenvalue weighted by Crippen LogP contribution is -2.15. The lowest BCUT2D eigenvalue weighted by molar-refractivity contribution is 0.229. The van der Waals surface area contributed by atoms with Crippen molar-refractivity contribution in [3.8, 4) is 0 Å². The molecule has 0 aliphatic carbocycles. The molecule has 0 aliphatic heterocycles. The van der Waals surface area contributed by atoms with E-state index in [9.17, 15) is 4.57 Å². The Bertz CT molecular complexity index is 347. The van der Waals surface area contributed by atoms with Crippen LogP contribution in [0.15, 0.2) is 12.1 Å². The Kier molecular flexibility index (Phi) is 4.67. The first-order chi connectivity index (χ1) is 7.12. The number of halogens is 1. The van der Waals surface area contributed by atoms with Crippen molar-refractivity contribution in [2.75, 3.05) is 13.2 Å². The van der Waals surface area contributed by atoms with Crippen LogP contribution >= 0.6 is 19.2 Å². The zero-order valence-corrected chi connectivity index (χ0v) is 10.2. The Balaban J connectivity index is 2.98. The van der Waals surface area contributed by atoms with E-state index in [0.29, 0.717) is 0 Å². The van der Waals surface area contributed by atoms with Crippen LogP contribution in [0.3, 0.4) is 0 Å². The molecule has 0 spiro atoms. The molecule has 1 aromatic heterocycles. The molecule has 0 N–H and O–H groups in total. The second-order valence-corrected chi connectivity index (χ2v) is 4.90. The van der Waals surface area contributed by atoms with Gasteiger partial charge >= 0.3 is 7.60 Å². The summed E-state index contributed by atoms with van der Waals surface area (Å²) in [5.41, 5.74) is 0.176. The summed E-state index contributed by atoms with van der Waals surface area (Å²) in [5.74, 6) is 0. The van der Waals surface area contributed by atoms with Gasteiger partial charge in [-0.15, -0.1) is 10.2 Å². The molecule has 1 heterocycles. The maximum atomic E-state index is 12.1. The van der Waals surface area contributed by atoms with Crippen molar-refractivity contribution in [3.63, 3.8) is 0 Å². The molecule has 5 nitrogen and oxygen atoms in total. The zero-order valence-electron chi connectivity index (χ0n) is 8.51. The van der Waals surface area contributed by atoms with Gasteiger partial charge in [0.25, 0.3) is 0 Å². The van der Waals surface area contributed by atoms with E-state index >= 15 is 0 Å². The van der Waals surface area contributed by atoms with E-state index < -0.39 is 7.60 Å². The second-order valence-electron chi connectivity index (χ2n) is 2.55. The molecular formula is C8H12ClN2O3P. The second kappa shape index (κ2) is 5.56. The Morgan fingerprint density at radius 3 is 2.27 bits per heavy atom. The van der Waals surface area contributed by atoms with Gasteiger partial charge in [0, 0.05) is 0 Å². The van der Waals surface area contributed by atoms with E-state index in [-0.39, 0.29) is 23.8 Å². The van der Waals surface area contributed by atoms with E-state index in [1.165, 1.54) is 12.1 Å². The molecule has 0 saturated carbocycles. The highest BCUT2D eigenvalue weighted by Gasteiger charge is 2.28. The first-order valence-corrected chi connectivity index (χ1v) is 6.43. The average molecular weight is 251 g/mol. The summed E-state index contributed by atoms with van der Waals surface area (Å²) in [6, 6.07) is 2.98. The van der Waals surface area contributed by atoms with E-state index in [1.807, 2.05) is 0 Å². The predicted molar refractivity (Wildman–Crippen MR) is 57.5 cm³/mol. The molecule has 0 radical (unpaired) electrons. The minimum Gasteiger partial charge on any atom is -0.304 e. The minimum atomic E-state index is -3.32. The molecule has 0 bridgehead atoms. The maximum Gasteiger partial charge on any atom is 0.381 e. The fourth-order valence-corrected chi connectivity index (χ4v) is 2.50. The summed E-state index contributed by atoms with van der Waals surface area (Å²) in [4.78, 5) is 0. The van der Waals surface area contributed by atoms with Crippen LogP contribution in [-0.4, -0.2) is 23.4 Å². The van der Waals surface area contributed by atoms with Crippen molar-refractivity contribution in [3.05, 3.63) is 17.3 Å².